The summed E-state index contributed by atoms with van der Waals surface area (Å²) in [5.74, 6) is 1.40. The van der Waals surface area contributed by atoms with Gasteiger partial charge in [-0.2, -0.15) is 0 Å². The van der Waals surface area contributed by atoms with E-state index in [0.717, 1.165) is 28.2 Å². The third kappa shape index (κ3) is 4.68. The van der Waals surface area contributed by atoms with Crippen molar-refractivity contribution >= 4 is 17.3 Å². The van der Waals surface area contributed by atoms with Crippen LogP contribution in [-0.4, -0.2) is 24.5 Å². The van der Waals surface area contributed by atoms with E-state index >= 15 is 0 Å². The normalized spacial score (nSPS) is 18.4. The fourth-order valence-electron chi connectivity index (χ4n) is 3.82. The second-order valence-electron chi connectivity index (χ2n) is 7.32. The Kier molecular flexibility index (Phi) is 6.44. The third-order valence-electron chi connectivity index (χ3n) is 5.31. The number of methoxy groups -OCH3 is 1. The van der Waals surface area contributed by atoms with Gasteiger partial charge >= 0.3 is 0 Å². The Hall–Kier alpha value is -3.02. The van der Waals surface area contributed by atoms with Crippen LogP contribution in [0.3, 0.4) is 0 Å². The second-order valence-corrected chi connectivity index (χ2v) is 7.75. The van der Waals surface area contributed by atoms with Crippen molar-refractivity contribution < 1.29 is 14.6 Å². The zero-order valence-corrected chi connectivity index (χ0v) is 18.3. The van der Waals surface area contributed by atoms with E-state index in [1.54, 1.807) is 13.2 Å². The first-order chi connectivity index (χ1) is 15.1. The molecule has 5 nitrogen and oxygen atoms in total. The number of nitrogens with zero attached hydrogens (tertiary/aromatic N) is 1. The second kappa shape index (κ2) is 9.41. The summed E-state index contributed by atoms with van der Waals surface area (Å²) in [7, 11) is 1.65. The van der Waals surface area contributed by atoms with Gasteiger partial charge in [-0.05, 0) is 48.4 Å². The summed E-state index contributed by atoms with van der Waals surface area (Å²) in [4.78, 5) is 4.98. The molecule has 2 atom stereocenters. The number of nitrogens with one attached hydrogen (secondary N) is 1. The first-order valence-corrected chi connectivity index (χ1v) is 10.6. The van der Waals surface area contributed by atoms with Crippen molar-refractivity contribution in [1.29, 1.82) is 0 Å². The van der Waals surface area contributed by atoms with Crippen LogP contribution in [-0.2, 0) is 0 Å². The van der Waals surface area contributed by atoms with Crippen LogP contribution >= 0.6 is 11.6 Å². The summed E-state index contributed by atoms with van der Waals surface area (Å²) in [6.45, 7) is 2.38. The van der Waals surface area contributed by atoms with E-state index in [-0.39, 0.29) is 18.0 Å². The van der Waals surface area contributed by atoms with E-state index in [4.69, 9.17) is 26.1 Å². The smallest absolute Gasteiger partial charge is 0.162 e. The van der Waals surface area contributed by atoms with Gasteiger partial charge < -0.3 is 14.6 Å². The van der Waals surface area contributed by atoms with Gasteiger partial charge in [0, 0.05) is 28.8 Å². The Morgan fingerprint density at radius 3 is 2.68 bits per heavy atom. The molecule has 0 bridgehead atoms. The predicted molar refractivity (Wildman–Crippen MR) is 123 cm³/mol. The first-order valence-electron chi connectivity index (χ1n) is 10.3. The van der Waals surface area contributed by atoms with Crippen molar-refractivity contribution in [3.05, 3.63) is 88.4 Å². The molecule has 3 aromatic rings. The summed E-state index contributed by atoms with van der Waals surface area (Å²) < 4.78 is 11.0. The van der Waals surface area contributed by atoms with Crippen LogP contribution < -0.4 is 14.8 Å². The summed E-state index contributed by atoms with van der Waals surface area (Å²) >= 11 is 6.24. The fraction of sp³-hybridized carbons (Fsp3) is 0.240. The molecule has 4 rings (SSSR count). The van der Waals surface area contributed by atoms with Crippen LogP contribution in [0.15, 0.2) is 71.7 Å². The Labute approximate surface area is 187 Å². The minimum atomic E-state index is -0.311. The van der Waals surface area contributed by atoms with Gasteiger partial charge in [0.2, 0.25) is 0 Å². The van der Waals surface area contributed by atoms with Gasteiger partial charge in [-0.15, -0.1) is 0 Å². The number of rotatable bonds is 6. The van der Waals surface area contributed by atoms with Gasteiger partial charge in [0.25, 0.3) is 0 Å². The van der Waals surface area contributed by atoms with E-state index in [1.165, 1.54) is 0 Å². The molecule has 0 spiro atoms. The molecule has 160 valence electrons. The maximum absolute atomic E-state index is 10.9. The molecule has 1 aliphatic rings. The van der Waals surface area contributed by atoms with Crippen LogP contribution in [0.2, 0.25) is 5.02 Å². The zero-order valence-electron chi connectivity index (χ0n) is 17.5. The maximum atomic E-state index is 10.9. The van der Waals surface area contributed by atoms with Crippen molar-refractivity contribution in [1.82, 2.24) is 5.32 Å². The average Bonchev–Trinajstić information content (AvgIpc) is 2.80. The van der Waals surface area contributed by atoms with Crippen molar-refractivity contribution in [2.75, 3.05) is 13.7 Å². The molecule has 3 aromatic carbocycles. The SMILES string of the molecule is CCOc1cccc(C2CC(c3cccc(OC)c3)=NC(c3cccc(Cl)c3)N2)c1O. The molecule has 0 amide bonds. The quantitative estimate of drug-likeness (QED) is 0.522. The molecule has 0 saturated heterocycles. The van der Waals surface area contributed by atoms with Gasteiger partial charge in [0.05, 0.1) is 13.7 Å². The maximum Gasteiger partial charge on any atom is 0.162 e. The molecular weight excluding hydrogens is 412 g/mol. The van der Waals surface area contributed by atoms with Crippen LogP contribution in [0.25, 0.3) is 0 Å². The number of halogens is 1. The average molecular weight is 437 g/mol. The Bertz CT molecular complexity index is 1100. The Balaban J connectivity index is 1.77. The van der Waals surface area contributed by atoms with Crippen molar-refractivity contribution in [3.8, 4) is 17.2 Å². The summed E-state index contributed by atoms with van der Waals surface area (Å²) in [6.07, 6.45) is 0.293. The predicted octanol–water partition coefficient (Wildman–Crippen LogP) is 5.68. The van der Waals surface area contributed by atoms with Crippen LogP contribution in [0.5, 0.6) is 17.2 Å². The monoisotopic (exact) mass is 436 g/mol. The summed E-state index contributed by atoms with van der Waals surface area (Å²) in [5.41, 5.74) is 3.64. The van der Waals surface area contributed by atoms with Gasteiger partial charge in [-0.25, -0.2) is 0 Å². The van der Waals surface area contributed by atoms with Crippen LogP contribution in [0.4, 0.5) is 0 Å². The molecular formula is C25H25ClN2O3. The summed E-state index contributed by atoms with van der Waals surface area (Å²) in [6, 6.07) is 20.9. The number of benzene rings is 3. The van der Waals surface area contributed by atoms with E-state index in [9.17, 15) is 5.11 Å². The van der Waals surface area contributed by atoms with Crippen molar-refractivity contribution in [2.45, 2.75) is 25.6 Å². The molecule has 0 aliphatic carbocycles. The Morgan fingerprint density at radius 1 is 1.10 bits per heavy atom. The van der Waals surface area contributed by atoms with Gasteiger partial charge in [0.1, 0.15) is 11.9 Å². The summed E-state index contributed by atoms with van der Waals surface area (Å²) in [5, 5.41) is 15.1. The lowest BCUT2D eigenvalue weighted by Gasteiger charge is -2.31. The molecule has 0 fully saturated rings. The van der Waals surface area contributed by atoms with Crippen molar-refractivity contribution in [2.24, 2.45) is 4.99 Å². The van der Waals surface area contributed by atoms with Gasteiger partial charge in [0.15, 0.2) is 11.5 Å². The molecule has 1 aliphatic heterocycles. The number of ether oxygens (including phenoxy) is 2. The highest BCUT2D eigenvalue weighted by atomic mass is 35.5. The number of hydrogen-bond acceptors (Lipinski definition) is 5. The lowest BCUT2D eigenvalue weighted by atomic mass is 9.93. The highest BCUT2D eigenvalue weighted by molar-refractivity contribution is 6.30. The standard InChI is InChI=1S/C25H25ClN2O3/c1-3-31-23-12-6-11-20(24(23)29)22-15-21(16-7-5-10-19(14-16)30-2)27-25(28-22)17-8-4-9-18(26)13-17/h4-14,22,25,28-29H,3,15H2,1-2H3. The molecule has 0 radical (unpaired) electrons. The molecule has 6 heteroatoms. The number of hydrogen-bond donors (Lipinski definition) is 2. The third-order valence-corrected chi connectivity index (χ3v) is 5.55. The lowest BCUT2D eigenvalue weighted by Crippen LogP contribution is -2.33. The van der Waals surface area contributed by atoms with E-state index in [1.807, 2.05) is 67.6 Å². The topological polar surface area (TPSA) is 63.1 Å². The van der Waals surface area contributed by atoms with Crippen LogP contribution in [0.1, 0.15) is 42.2 Å². The van der Waals surface area contributed by atoms with Gasteiger partial charge in [-0.1, -0.05) is 48.0 Å². The number of phenols is 1. The fourth-order valence-corrected chi connectivity index (χ4v) is 4.02. The number of aromatic hydroxyl groups is 1. The number of aliphatic imine (C=N–C) groups is 1. The molecule has 1 heterocycles. The zero-order chi connectivity index (χ0) is 21.8. The lowest BCUT2D eigenvalue weighted by molar-refractivity contribution is 0.313. The molecule has 2 unspecified atom stereocenters. The number of para-hydroxylation sites is 1. The van der Waals surface area contributed by atoms with E-state index in [2.05, 4.69) is 5.32 Å². The first kappa shape index (κ1) is 21.2. The number of phenolic OH excluding ortho intramolecular Hbond substituents is 1. The minimum Gasteiger partial charge on any atom is -0.504 e. The minimum absolute atomic E-state index is 0.151. The molecule has 0 saturated carbocycles. The van der Waals surface area contributed by atoms with Crippen molar-refractivity contribution in [3.63, 3.8) is 0 Å². The Morgan fingerprint density at radius 2 is 1.90 bits per heavy atom. The van der Waals surface area contributed by atoms with E-state index in [0.29, 0.717) is 23.8 Å². The highest BCUT2D eigenvalue weighted by Gasteiger charge is 2.28. The molecule has 0 aromatic heterocycles. The largest absolute Gasteiger partial charge is 0.504 e. The van der Waals surface area contributed by atoms with E-state index < -0.39 is 0 Å². The van der Waals surface area contributed by atoms with Gasteiger partial charge in [-0.3, -0.25) is 10.3 Å². The molecule has 31 heavy (non-hydrogen) atoms. The molecule has 2 N–H and O–H groups in total. The van der Waals surface area contributed by atoms with Crippen LogP contribution in [0, 0.1) is 0 Å². The highest BCUT2D eigenvalue weighted by Crippen LogP contribution is 2.39.